The minimum Gasteiger partial charge on any atom is -0.345 e. The van der Waals surface area contributed by atoms with Crippen LogP contribution in [0.2, 0.25) is 0 Å². The Hall–Kier alpha value is -3.22. The van der Waals surface area contributed by atoms with E-state index in [4.69, 9.17) is 0 Å². The molecule has 0 unspecified atom stereocenters. The first kappa shape index (κ1) is 19.1. The van der Waals surface area contributed by atoms with E-state index in [-0.39, 0.29) is 24.6 Å². The summed E-state index contributed by atoms with van der Waals surface area (Å²) in [6.07, 6.45) is 3.22. The quantitative estimate of drug-likeness (QED) is 0.723. The molecule has 4 rings (SSSR count). The van der Waals surface area contributed by atoms with Crippen LogP contribution in [0.4, 0.5) is 4.39 Å². The first-order valence-electron chi connectivity index (χ1n) is 9.88. The van der Waals surface area contributed by atoms with Gasteiger partial charge in [0, 0.05) is 13.1 Å². The van der Waals surface area contributed by atoms with Crippen molar-refractivity contribution < 1.29 is 14.0 Å². The zero-order valence-corrected chi connectivity index (χ0v) is 16.1. The van der Waals surface area contributed by atoms with Crippen molar-refractivity contribution in [3.8, 4) is 0 Å². The van der Waals surface area contributed by atoms with Gasteiger partial charge in [-0.2, -0.15) is 0 Å². The molecule has 0 bridgehead atoms. The molecule has 150 valence electrons. The Morgan fingerprint density at radius 3 is 2.52 bits per heavy atom. The molecule has 1 aliphatic rings. The number of fused-ring (bicyclic) bond motifs is 1. The maximum Gasteiger partial charge on any atom is 0.254 e. The smallest absolute Gasteiger partial charge is 0.254 e. The van der Waals surface area contributed by atoms with Crippen LogP contribution in [-0.2, 0) is 17.9 Å². The standard InChI is InChI=1S/C22H23FN4O2/c23-17-9-3-2-8-16(17)22(29)24-14-20-25-18-10-4-5-11-19(18)27(20)15-21(28)26-12-6-1-7-13-26/h2-5,8-11H,1,6-7,12-15H2,(H,24,29). The maximum absolute atomic E-state index is 13.9. The summed E-state index contributed by atoms with van der Waals surface area (Å²) in [6, 6.07) is 13.4. The van der Waals surface area contributed by atoms with Crippen LogP contribution in [-0.4, -0.2) is 39.4 Å². The van der Waals surface area contributed by atoms with Crippen LogP contribution >= 0.6 is 0 Å². The van der Waals surface area contributed by atoms with E-state index in [2.05, 4.69) is 10.3 Å². The van der Waals surface area contributed by atoms with Crippen molar-refractivity contribution in [1.29, 1.82) is 0 Å². The maximum atomic E-state index is 13.9. The van der Waals surface area contributed by atoms with Crippen LogP contribution < -0.4 is 5.32 Å². The number of carbonyl (C=O) groups excluding carboxylic acids is 2. The van der Waals surface area contributed by atoms with Crippen molar-refractivity contribution in [2.75, 3.05) is 13.1 Å². The van der Waals surface area contributed by atoms with Gasteiger partial charge in [-0.05, 0) is 43.5 Å². The number of para-hydroxylation sites is 2. The fourth-order valence-corrected chi connectivity index (χ4v) is 3.72. The first-order valence-corrected chi connectivity index (χ1v) is 9.88. The molecule has 1 N–H and O–H groups in total. The summed E-state index contributed by atoms with van der Waals surface area (Å²) in [4.78, 5) is 31.6. The summed E-state index contributed by atoms with van der Waals surface area (Å²) in [5, 5.41) is 2.72. The second kappa shape index (κ2) is 8.43. The van der Waals surface area contributed by atoms with E-state index in [9.17, 15) is 14.0 Å². The molecular formula is C22H23FN4O2. The minimum absolute atomic E-state index is 0.0143. The van der Waals surface area contributed by atoms with Gasteiger partial charge in [0.15, 0.2) is 0 Å². The summed E-state index contributed by atoms with van der Waals surface area (Å²) in [7, 11) is 0. The van der Waals surface area contributed by atoms with Gasteiger partial charge in [-0.1, -0.05) is 24.3 Å². The Bertz CT molecular complexity index is 1040. The van der Waals surface area contributed by atoms with Crippen LogP contribution in [0.1, 0.15) is 35.4 Å². The van der Waals surface area contributed by atoms with Crippen LogP contribution in [0, 0.1) is 5.82 Å². The van der Waals surface area contributed by atoms with E-state index in [0.29, 0.717) is 5.82 Å². The number of hydrogen-bond donors (Lipinski definition) is 1. The Morgan fingerprint density at radius 2 is 1.72 bits per heavy atom. The molecule has 29 heavy (non-hydrogen) atoms. The molecule has 1 aliphatic heterocycles. The van der Waals surface area contributed by atoms with Crippen molar-refractivity contribution >= 4 is 22.8 Å². The first-order chi connectivity index (χ1) is 14.1. The van der Waals surface area contributed by atoms with Crippen molar-refractivity contribution in [3.05, 3.63) is 65.7 Å². The molecule has 3 aromatic rings. The zero-order valence-electron chi connectivity index (χ0n) is 16.1. The lowest BCUT2D eigenvalue weighted by Gasteiger charge is -2.27. The highest BCUT2D eigenvalue weighted by Crippen LogP contribution is 2.18. The van der Waals surface area contributed by atoms with Gasteiger partial charge in [0.1, 0.15) is 18.2 Å². The van der Waals surface area contributed by atoms with Gasteiger partial charge in [-0.15, -0.1) is 0 Å². The van der Waals surface area contributed by atoms with E-state index >= 15 is 0 Å². The molecule has 1 fully saturated rings. The molecule has 2 aromatic carbocycles. The summed E-state index contributed by atoms with van der Waals surface area (Å²) in [6.45, 7) is 1.84. The number of piperidine rings is 1. The second-order valence-corrected chi connectivity index (χ2v) is 7.21. The molecule has 0 radical (unpaired) electrons. The summed E-state index contributed by atoms with van der Waals surface area (Å²) in [5.41, 5.74) is 1.58. The Morgan fingerprint density at radius 1 is 1.00 bits per heavy atom. The molecule has 1 aromatic heterocycles. The summed E-state index contributed by atoms with van der Waals surface area (Å²) >= 11 is 0. The summed E-state index contributed by atoms with van der Waals surface area (Å²) < 4.78 is 15.7. The number of likely N-dealkylation sites (tertiary alicyclic amines) is 1. The topological polar surface area (TPSA) is 67.2 Å². The SMILES string of the molecule is O=C(NCc1nc2ccccc2n1CC(=O)N1CCCCC1)c1ccccc1F. The van der Waals surface area contributed by atoms with Crippen molar-refractivity contribution in [1.82, 2.24) is 19.8 Å². The highest BCUT2D eigenvalue weighted by atomic mass is 19.1. The molecule has 1 saturated heterocycles. The predicted molar refractivity (Wildman–Crippen MR) is 108 cm³/mol. The normalized spacial score (nSPS) is 14.2. The third kappa shape index (κ3) is 4.13. The number of aromatic nitrogens is 2. The highest BCUT2D eigenvalue weighted by Gasteiger charge is 2.20. The molecule has 7 heteroatoms. The lowest BCUT2D eigenvalue weighted by molar-refractivity contribution is -0.132. The minimum atomic E-state index is -0.571. The number of nitrogens with one attached hydrogen (secondary N) is 1. The highest BCUT2D eigenvalue weighted by molar-refractivity contribution is 5.94. The Balaban J connectivity index is 1.55. The zero-order chi connectivity index (χ0) is 20.2. The molecule has 0 saturated carbocycles. The number of hydrogen-bond acceptors (Lipinski definition) is 3. The number of halogens is 1. The van der Waals surface area contributed by atoms with Gasteiger partial charge in [-0.3, -0.25) is 9.59 Å². The van der Waals surface area contributed by atoms with E-state index in [0.717, 1.165) is 43.4 Å². The van der Waals surface area contributed by atoms with E-state index in [1.807, 2.05) is 33.7 Å². The van der Waals surface area contributed by atoms with Gasteiger partial charge < -0.3 is 14.8 Å². The molecule has 2 heterocycles. The summed E-state index contributed by atoms with van der Waals surface area (Å²) in [5.74, 6) is -0.460. The van der Waals surface area contributed by atoms with Crippen molar-refractivity contribution in [3.63, 3.8) is 0 Å². The monoisotopic (exact) mass is 394 g/mol. The molecule has 0 atom stereocenters. The average molecular weight is 394 g/mol. The number of benzene rings is 2. The molecular weight excluding hydrogens is 371 g/mol. The molecule has 2 amide bonds. The molecule has 0 aliphatic carbocycles. The predicted octanol–water partition coefficient (Wildman–Crippen LogP) is 3.12. The number of amides is 2. The Kier molecular flexibility index (Phi) is 5.55. The lowest BCUT2D eigenvalue weighted by Crippen LogP contribution is -2.38. The largest absolute Gasteiger partial charge is 0.345 e. The van der Waals surface area contributed by atoms with Gasteiger partial charge in [0.25, 0.3) is 5.91 Å². The van der Waals surface area contributed by atoms with Gasteiger partial charge in [0.05, 0.1) is 23.1 Å². The fourth-order valence-electron chi connectivity index (χ4n) is 3.72. The van der Waals surface area contributed by atoms with Gasteiger partial charge in [0.2, 0.25) is 5.91 Å². The number of nitrogens with zero attached hydrogens (tertiary/aromatic N) is 3. The van der Waals surface area contributed by atoms with Crippen LogP contribution in [0.25, 0.3) is 11.0 Å². The fraction of sp³-hybridized carbons (Fsp3) is 0.318. The molecule has 6 nitrogen and oxygen atoms in total. The third-order valence-corrected chi connectivity index (χ3v) is 5.26. The van der Waals surface area contributed by atoms with Crippen molar-refractivity contribution in [2.45, 2.75) is 32.4 Å². The van der Waals surface area contributed by atoms with Crippen LogP contribution in [0.3, 0.4) is 0 Å². The second-order valence-electron chi connectivity index (χ2n) is 7.21. The van der Waals surface area contributed by atoms with Gasteiger partial charge in [-0.25, -0.2) is 9.37 Å². The number of rotatable bonds is 5. The molecule has 0 spiro atoms. The Labute approximate surface area is 168 Å². The van der Waals surface area contributed by atoms with E-state index in [1.165, 1.54) is 18.2 Å². The van der Waals surface area contributed by atoms with Crippen molar-refractivity contribution in [2.24, 2.45) is 0 Å². The number of carbonyl (C=O) groups is 2. The van der Waals surface area contributed by atoms with Crippen LogP contribution in [0.5, 0.6) is 0 Å². The lowest BCUT2D eigenvalue weighted by atomic mass is 10.1. The third-order valence-electron chi connectivity index (χ3n) is 5.26. The van der Waals surface area contributed by atoms with E-state index in [1.54, 1.807) is 6.07 Å². The van der Waals surface area contributed by atoms with Crippen LogP contribution in [0.15, 0.2) is 48.5 Å². The number of imidazole rings is 1. The average Bonchev–Trinajstić information content (AvgIpc) is 3.10. The van der Waals surface area contributed by atoms with E-state index < -0.39 is 11.7 Å². The van der Waals surface area contributed by atoms with Gasteiger partial charge >= 0.3 is 0 Å².